The van der Waals surface area contributed by atoms with E-state index in [0.717, 1.165) is 60.3 Å². The molecule has 336 valence electrons. The van der Waals surface area contributed by atoms with Crippen LogP contribution >= 0.6 is 0 Å². The van der Waals surface area contributed by atoms with Gasteiger partial charge in [0.15, 0.2) is 11.6 Å². The second-order valence-electron chi connectivity index (χ2n) is 16.5. The van der Waals surface area contributed by atoms with Gasteiger partial charge < -0.3 is 28.7 Å². The van der Waals surface area contributed by atoms with Crippen LogP contribution in [-0.2, 0) is 29.0 Å². The molecule has 1 spiro atoms. The highest BCUT2D eigenvalue weighted by atomic mass is 19.4. The predicted molar refractivity (Wildman–Crippen MR) is 222 cm³/mol. The Kier molecular flexibility index (Phi) is 13.7. The highest BCUT2D eigenvalue weighted by Crippen LogP contribution is 2.68. The molecule has 0 radical (unpaired) electrons. The van der Waals surface area contributed by atoms with Crippen LogP contribution < -0.4 is 18.9 Å². The molecule has 12 nitrogen and oxygen atoms in total. The molecule has 5 unspecified atom stereocenters. The first-order chi connectivity index (χ1) is 30.2. The Morgan fingerprint density at radius 2 is 1.68 bits per heavy atom. The average molecular weight is 878 g/mol. The molecule has 1 heterocycles. The summed E-state index contributed by atoms with van der Waals surface area (Å²) in [7, 11) is 1.62. The number of benzene rings is 4. The standard InChI is InChI=1S/C47H51F4N3O9/c1-4-21-52(28-31-12-18-39(59-3)30(2)24-31)44(55)42-37(33-13-16-35(17-14-33)60-22-5-6-23-61-40-19-15-34(26-38(40)48)47(49,50)51)27-46-20-8-11-41(46)53(43(42)46)45(56)63-36-10-7-9-32(25-36)29-62-54(57)58/h7,9-10,12-19,24-26,37,41-43H,4-6,8,11,20-23,27-29H2,1-3H3. The summed E-state index contributed by atoms with van der Waals surface area (Å²) in [6, 6.07) is 21.6. The summed E-state index contributed by atoms with van der Waals surface area (Å²) in [5, 5.41) is 9.92. The zero-order valence-corrected chi connectivity index (χ0v) is 35.4. The van der Waals surface area contributed by atoms with Crippen molar-refractivity contribution in [2.75, 3.05) is 26.9 Å². The summed E-state index contributed by atoms with van der Waals surface area (Å²) >= 11 is 0. The Labute approximate surface area is 363 Å². The minimum Gasteiger partial charge on any atom is -0.496 e. The SMILES string of the molecule is CCCN(Cc1ccc(OC)c(C)c1)C(=O)C1C(c2ccc(OCCCCOc3ccc(C(F)(F)F)cc3F)cc2)CC23CCCC2N(C(=O)Oc2cccc(CO[N+](=O)[O-])c2)C13. The monoisotopic (exact) mass is 877 g/mol. The van der Waals surface area contributed by atoms with E-state index >= 15 is 4.79 Å². The van der Waals surface area contributed by atoms with Crippen LogP contribution in [0.2, 0.25) is 0 Å². The van der Waals surface area contributed by atoms with E-state index in [9.17, 15) is 32.5 Å². The van der Waals surface area contributed by atoms with E-state index in [1.165, 1.54) is 6.07 Å². The fraction of sp³-hybridized carbons (Fsp3) is 0.447. The van der Waals surface area contributed by atoms with Crippen molar-refractivity contribution in [3.05, 3.63) is 129 Å². The molecular formula is C47H51F4N3O9. The fourth-order valence-corrected chi connectivity index (χ4v) is 9.92. The summed E-state index contributed by atoms with van der Waals surface area (Å²) in [5.41, 5.74) is 1.96. The maximum Gasteiger partial charge on any atom is 0.416 e. The van der Waals surface area contributed by atoms with Gasteiger partial charge >= 0.3 is 12.3 Å². The Morgan fingerprint density at radius 1 is 0.937 bits per heavy atom. The number of alkyl halides is 3. The second-order valence-corrected chi connectivity index (χ2v) is 16.5. The van der Waals surface area contributed by atoms with Gasteiger partial charge in [-0.2, -0.15) is 13.2 Å². The van der Waals surface area contributed by atoms with Gasteiger partial charge in [-0.1, -0.05) is 49.7 Å². The molecule has 7 rings (SSSR count). The summed E-state index contributed by atoms with van der Waals surface area (Å²) in [6.07, 6.45) is -0.239. The molecule has 5 atom stereocenters. The van der Waals surface area contributed by atoms with Gasteiger partial charge in [-0.3, -0.25) is 9.69 Å². The molecule has 2 saturated carbocycles. The molecule has 3 aliphatic rings. The zero-order chi connectivity index (χ0) is 44.9. The fourth-order valence-electron chi connectivity index (χ4n) is 9.92. The van der Waals surface area contributed by atoms with E-state index in [0.29, 0.717) is 56.3 Å². The van der Waals surface area contributed by atoms with Gasteiger partial charge in [-0.15, -0.1) is 10.1 Å². The smallest absolute Gasteiger partial charge is 0.416 e. The average Bonchev–Trinajstić information content (AvgIpc) is 3.74. The number of carbonyl (C=O) groups excluding carboxylic acids is 2. The zero-order valence-electron chi connectivity index (χ0n) is 35.4. The highest BCUT2D eigenvalue weighted by Gasteiger charge is 2.73. The molecular weight excluding hydrogens is 827 g/mol. The van der Waals surface area contributed by atoms with Crippen molar-refractivity contribution in [2.45, 2.75) is 96.1 Å². The summed E-state index contributed by atoms with van der Waals surface area (Å²) in [6.45, 7) is 4.99. The van der Waals surface area contributed by atoms with E-state index in [4.69, 9.17) is 18.9 Å². The van der Waals surface area contributed by atoms with Crippen LogP contribution in [0.3, 0.4) is 0 Å². The number of hydrogen-bond donors (Lipinski definition) is 0. The third-order valence-electron chi connectivity index (χ3n) is 12.6. The molecule has 4 aromatic rings. The van der Waals surface area contributed by atoms with Crippen molar-refractivity contribution < 1.29 is 56.0 Å². The molecule has 1 aliphatic heterocycles. The number of ether oxygens (including phenoxy) is 4. The second kappa shape index (κ2) is 19.1. The number of aryl methyl sites for hydroxylation is 1. The van der Waals surface area contributed by atoms with Gasteiger partial charge in [0.25, 0.3) is 5.09 Å². The number of likely N-dealkylation sites (tertiary alicyclic amines) is 1. The molecule has 1 saturated heterocycles. The van der Waals surface area contributed by atoms with Crippen LogP contribution in [0, 0.1) is 34.2 Å². The van der Waals surface area contributed by atoms with Crippen molar-refractivity contribution in [3.63, 3.8) is 0 Å². The lowest BCUT2D eigenvalue weighted by atomic mass is 9.66. The lowest BCUT2D eigenvalue weighted by molar-refractivity contribution is -0.763. The van der Waals surface area contributed by atoms with Gasteiger partial charge in [-0.25, -0.2) is 9.18 Å². The Bertz CT molecular complexity index is 2280. The topological polar surface area (TPSA) is 130 Å². The molecule has 0 aromatic heterocycles. The number of halogens is 4. The summed E-state index contributed by atoms with van der Waals surface area (Å²) in [5.74, 6) is -0.599. The van der Waals surface area contributed by atoms with Crippen molar-refractivity contribution >= 4 is 12.0 Å². The quantitative estimate of drug-likeness (QED) is 0.0415. The van der Waals surface area contributed by atoms with Crippen LogP contribution in [0.1, 0.15) is 85.6 Å². The lowest BCUT2D eigenvalue weighted by Gasteiger charge is -2.58. The van der Waals surface area contributed by atoms with E-state index in [2.05, 4.69) is 4.84 Å². The van der Waals surface area contributed by atoms with Gasteiger partial charge in [0.2, 0.25) is 5.91 Å². The molecule has 2 aliphatic carbocycles. The maximum absolute atomic E-state index is 15.2. The number of unbranched alkanes of at least 4 members (excludes halogenated alkanes) is 1. The number of rotatable bonds is 18. The van der Waals surface area contributed by atoms with E-state index in [1.54, 1.807) is 30.2 Å². The van der Waals surface area contributed by atoms with Crippen LogP contribution in [0.15, 0.2) is 84.9 Å². The summed E-state index contributed by atoms with van der Waals surface area (Å²) in [4.78, 5) is 48.5. The van der Waals surface area contributed by atoms with Crippen LogP contribution in [0.5, 0.6) is 23.0 Å². The van der Waals surface area contributed by atoms with Gasteiger partial charge in [0.1, 0.15) is 23.9 Å². The number of methoxy groups -OCH3 is 1. The van der Waals surface area contributed by atoms with Crippen molar-refractivity contribution in [1.82, 2.24) is 9.80 Å². The van der Waals surface area contributed by atoms with Gasteiger partial charge in [0.05, 0.1) is 37.8 Å². The third kappa shape index (κ3) is 9.79. The largest absolute Gasteiger partial charge is 0.496 e. The maximum atomic E-state index is 15.2. The van der Waals surface area contributed by atoms with Crippen LogP contribution in [0.4, 0.5) is 22.4 Å². The Hall–Kier alpha value is -6.06. The minimum atomic E-state index is -4.65. The molecule has 4 aromatic carbocycles. The van der Waals surface area contributed by atoms with Crippen LogP contribution in [0.25, 0.3) is 0 Å². The van der Waals surface area contributed by atoms with Gasteiger partial charge in [0, 0.05) is 24.5 Å². The first kappa shape index (κ1) is 45.0. The molecule has 0 N–H and O–H groups in total. The van der Waals surface area contributed by atoms with Crippen molar-refractivity contribution in [2.24, 2.45) is 11.3 Å². The first-order valence-electron chi connectivity index (χ1n) is 21.2. The number of hydrogen-bond acceptors (Lipinski definition) is 9. The minimum absolute atomic E-state index is 0.0435. The van der Waals surface area contributed by atoms with E-state index in [1.807, 2.05) is 61.2 Å². The molecule has 16 heteroatoms. The third-order valence-corrected chi connectivity index (χ3v) is 12.6. The lowest BCUT2D eigenvalue weighted by Crippen LogP contribution is -2.71. The Morgan fingerprint density at radius 3 is 2.37 bits per heavy atom. The van der Waals surface area contributed by atoms with Crippen LogP contribution in [-0.4, -0.2) is 65.8 Å². The number of nitrogens with zero attached hydrogens (tertiary/aromatic N) is 3. The van der Waals surface area contributed by atoms with E-state index in [-0.39, 0.29) is 48.0 Å². The number of carbonyl (C=O) groups is 2. The molecule has 63 heavy (non-hydrogen) atoms. The summed E-state index contributed by atoms with van der Waals surface area (Å²) < 4.78 is 75.6. The van der Waals surface area contributed by atoms with E-state index < -0.39 is 40.7 Å². The normalized spacial score (nSPS) is 21.2. The molecule has 3 fully saturated rings. The molecule has 0 bridgehead atoms. The van der Waals surface area contributed by atoms with Crippen molar-refractivity contribution in [3.8, 4) is 23.0 Å². The van der Waals surface area contributed by atoms with Gasteiger partial charge in [-0.05, 0) is 122 Å². The number of amides is 2. The molecule has 2 amide bonds. The first-order valence-corrected chi connectivity index (χ1v) is 21.2. The highest BCUT2D eigenvalue weighted by molar-refractivity contribution is 5.84. The van der Waals surface area contributed by atoms with Crippen molar-refractivity contribution in [1.29, 1.82) is 0 Å². The predicted octanol–water partition coefficient (Wildman–Crippen LogP) is 10.1. The Balaban J connectivity index is 1.08.